The van der Waals surface area contributed by atoms with Gasteiger partial charge in [0.25, 0.3) is 5.91 Å². The van der Waals surface area contributed by atoms with Gasteiger partial charge in [-0.15, -0.1) is 0 Å². The summed E-state index contributed by atoms with van der Waals surface area (Å²) in [5, 5.41) is 0. The molecule has 26 heavy (non-hydrogen) atoms. The summed E-state index contributed by atoms with van der Waals surface area (Å²) in [5.41, 5.74) is 5.61. The standard InChI is InChI=1S/C20H27N3O3/c1-2-26-19-16(4-3-5-21-19)18(25)23-22-17(24)12-20-9-13-6-14(10-20)8-15(7-13)11-20/h3-5,13-15H,2,6-12H2,1H3,(H,22,24)(H,23,25). The summed E-state index contributed by atoms with van der Waals surface area (Å²) in [6, 6.07) is 3.31. The van der Waals surface area contributed by atoms with Crippen molar-refractivity contribution in [3.8, 4) is 5.88 Å². The molecule has 0 radical (unpaired) electrons. The number of nitrogens with zero attached hydrogens (tertiary/aromatic N) is 1. The quantitative estimate of drug-likeness (QED) is 0.794. The Hall–Kier alpha value is -2.11. The van der Waals surface area contributed by atoms with Crippen LogP contribution in [0, 0.1) is 23.2 Å². The maximum absolute atomic E-state index is 12.5. The lowest BCUT2D eigenvalue weighted by atomic mass is 9.49. The van der Waals surface area contributed by atoms with Crippen LogP contribution in [0.1, 0.15) is 62.2 Å². The first-order valence-electron chi connectivity index (χ1n) is 9.74. The predicted molar refractivity (Wildman–Crippen MR) is 96.2 cm³/mol. The smallest absolute Gasteiger partial charge is 0.275 e. The Kier molecular flexibility index (Phi) is 4.59. The molecule has 1 heterocycles. The Labute approximate surface area is 154 Å². The molecule has 1 aromatic heterocycles. The highest BCUT2D eigenvalue weighted by molar-refractivity contribution is 5.97. The van der Waals surface area contributed by atoms with E-state index in [1.807, 2.05) is 6.92 Å². The van der Waals surface area contributed by atoms with E-state index in [1.165, 1.54) is 38.5 Å². The topological polar surface area (TPSA) is 80.3 Å². The highest BCUT2D eigenvalue weighted by Gasteiger charge is 2.51. The number of nitrogens with one attached hydrogen (secondary N) is 2. The van der Waals surface area contributed by atoms with Crippen LogP contribution in [0.25, 0.3) is 0 Å². The first kappa shape index (κ1) is 17.3. The molecule has 0 aromatic carbocycles. The molecule has 0 atom stereocenters. The molecule has 2 amide bonds. The third-order valence-electron chi connectivity index (χ3n) is 6.31. The molecule has 4 bridgehead atoms. The summed E-state index contributed by atoms with van der Waals surface area (Å²) < 4.78 is 5.37. The Morgan fingerprint density at radius 1 is 1.15 bits per heavy atom. The van der Waals surface area contributed by atoms with Crippen LogP contribution >= 0.6 is 0 Å². The van der Waals surface area contributed by atoms with Gasteiger partial charge in [0.15, 0.2) is 0 Å². The van der Waals surface area contributed by atoms with Gasteiger partial charge in [-0.2, -0.15) is 0 Å². The number of ether oxygens (including phenoxy) is 1. The minimum atomic E-state index is -0.402. The fraction of sp³-hybridized carbons (Fsp3) is 0.650. The van der Waals surface area contributed by atoms with Crippen molar-refractivity contribution in [1.82, 2.24) is 15.8 Å². The van der Waals surface area contributed by atoms with Crippen molar-refractivity contribution in [2.45, 2.75) is 51.9 Å². The van der Waals surface area contributed by atoms with Gasteiger partial charge in [0.1, 0.15) is 5.56 Å². The second-order valence-electron chi connectivity index (χ2n) is 8.39. The van der Waals surface area contributed by atoms with E-state index in [-0.39, 0.29) is 17.2 Å². The number of rotatable bonds is 5. The van der Waals surface area contributed by atoms with Gasteiger partial charge in [-0.3, -0.25) is 20.4 Å². The van der Waals surface area contributed by atoms with Crippen molar-refractivity contribution in [2.75, 3.05) is 6.61 Å². The summed E-state index contributed by atoms with van der Waals surface area (Å²) in [4.78, 5) is 28.9. The minimum absolute atomic E-state index is 0.0952. The van der Waals surface area contributed by atoms with E-state index in [9.17, 15) is 9.59 Å². The summed E-state index contributed by atoms with van der Waals surface area (Å²) in [7, 11) is 0. The molecule has 1 aromatic rings. The maximum Gasteiger partial charge on any atom is 0.275 e. The molecule has 6 nitrogen and oxygen atoms in total. The second kappa shape index (κ2) is 6.89. The lowest BCUT2D eigenvalue weighted by Gasteiger charge is -2.56. The van der Waals surface area contributed by atoms with Gasteiger partial charge in [0.05, 0.1) is 6.61 Å². The van der Waals surface area contributed by atoms with Crippen LogP contribution in [0.15, 0.2) is 18.3 Å². The fourth-order valence-electron chi connectivity index (χ4n) is 5.90. The van der Waals surface area contributed by atoms with Gasteiger partial charge in [-0.25, -0.2) is 4.98 Å². The molecule has 0 aliphatic heterocycles. The van der Waals surface area contributed by atoms with E-state index in [1.54, 1.807) is 18.3 Å². The molecule has 140 valence electrons. The first-order chi connectivity index (χ1) is 12.6. The van der Waals surface area contributed by atoms with Crippen molar-refractivity contribution in [3.63, 3.8) is 0 Å². The van der Waals surface area contributed by atoms with Crippen LogP contribution in [-0.4, -0.2) is 23.4 Å². The monoisotopic (exact) mass is 357 g/mol. The average Bonchev–Trinajstić information content (AvgIpc) is 2.59. The van der Waals surface area contributed by atoms with Gasteiger partial charge in [-0.1, -0.05) is 0 Å². The van der Waals surface area contributed by atoms with Crippen LogP contribution in [0.4, 0.5) is 0 Å². The van der Waals surface area contributed by atoms with Crippen molar-refractivity contribution < 1.29 is 14.3 Å². The summed E-state index contributed by atoms with van der Waals surface area (Å²) in [5.74, 6) is 2.22. The number of carbonyl (C=O) groups is 2. The number of hydrazine groups is 1. The van der Waals surface area contributed by atoms with Crippen LogP contribution in [-0.2, 0) is 4.79 Å². The van der Waals surface area contributed by atoms with Gasteiger partial charge in [0, 0.05) is 12.6 Å². The van der Waals surface area contributed by atoms with E-state index in [2.05, 4.69) is 15.8 Å². The molecule has 4 aliphatic rings. The number of pyridine rings is 1. The predicted octanol–water partition coefficient (Wildman–Crippen LogP) is 2.85. The highest BCUT2D eigenvalue weighted by Crippen LogP contribution is 2.61. The first-order valence-corrected chi connectivity index (χ1v) is 9.74. The molecule has 6 heteroatoms. The summed E-state index contributed by atoms with van der Waals surface area (Å²) in [6.45, 7) is 2.26. The van der Waals surface area contributed by atoms with Crippen LogP contribution in [0.3, 0.4) is 0 Å². The van der Waals surface area contributed by atoms with E-state index < -0.39 is 5.91 Å². The summed E-state index contributed by atoms with van der Waals surface area (Å²) >= 11 is 0. The van der Waals surface area contributed by atoms with Crippen LogP contribution in [0.2, 0.25) is 0 Å². The average molecular weight is 357 g/mol. The van der Waals surface area contributed by atoms with Gasteiger partial charge < -0.3 is 4.74 Å². The van der Waals surface area contributed by atoms with E-state index >= 15 is 0 Å². The molecule has 2 N–H and O–H groups in total. The SMILES string of the molecule is CCOc1ncccc1C(=O)NNC(=O)CC12CC3CC(CC(C3)C1)C2. The number of hydrogen-bond acceptors (Lipinski definition) is 4. The molecule has 4 saturated carbocycles. The van der Waals surface area contributed by atoms with Gasteiger partial charge in [-0.05, 0) is 80.8 Å². The zero-order valence-corrected chi connectivity index (χ0v) is 15.3. The largest absolute Gasteiger partial charge is 0.477 e. The molecule has 4 fully saturated rings. The Balaban J connectivity index is 1.34. The molecular weight excluding hydrogens is 330 g/mol. The number of aromatic nitrogens is 1. The normalized spacial score (nSPS) is 31.5. The fourth-order valence-corrected chi connectivity index (χ4v) is 5.90. The zero-order chi connectivity index (χ0) is 18.1. The molecular formula is C20H27N3O3. The molecule has 0 spiro atoms. The lowest BCUT2D eigenvalue weighted by molar-refractivity contribution is -0.130. The number of amides is 2. The van der Waals surface area contributed by atoms with Crippen LogP contribution in [0.5, 0.6) is 5.88 Å². The maximum atomic E-state index is 12.5. The zero-order valence-electron chi connectivity index (χ0n) is 15.3. The minimum Gasteiger partial charge on any atom is -0.477 e. The third-order valence-corrected chi connectivity index (χ3v) is 6.31. The third kappa shape index (κ3) is 3.41. The molecule has 0 unspecified atom stereocenters. The number of hydrogen-bond donors (Lipinski definition) is 2. The highest BCUT2D eigenvalue weighted by atomic mass is 16.5. The van der Waals surface area contributed by atoms with E-state index in [0.717, 1.165) is 17.8 Å². The molecule has 4 aliphatic carbocycles. The Morgan fingerprint density at radius 2 is 1.81 bits per heavy atom. The Bertz CT molecular complexity index is 668. The van der Waals surface area contributed by atoms with Gasteiger partial charge in [0.2, 0.25) is 11.8 Å². The van der Waals surface area contributed by atoms with Crippen molar-refractivity contribution in [3.05, 3.63) is 23.9 Å². The van der Waals surface area contributed by atoms with Crippen molar-refractivity contribution in [1.29, 1.82) is 0 Å². The Morgan fingerprint density at radius 3 is 2.42 bits per heavy atom. The summed E-state index contributed by atoms with van der Waals surface area (Å²) in [6.07, 6.45) is 9.71. The number of carbonyl (C=O) groups excluding carboxylic acids is 2. The van der Waals surface area contributed by atoms with Crippen LogP contribution < -0.4 is 15.6 Å². The molecule has 5 rings (SSSR count). The molecule has 0 saturated heterocycles. The van der Waals surface area contributed by atoms with Gasteiger partial charge >= 0.3 is 0 Å². The van der Waals surface area contributed by atoms with E-state index in [4.69, 9.17) is 4.74 Å². The lowest BCUT2D eigenvalue weighted by Crippen LogP contribution is -2.50. The second-order valence-corrected chi connectivity index (χ2v) is 8.39. The van der Waals surface area contributed by atoms with Crippen molar-refractivity contribution >= 4 is 11.8 Å². The van der Waals surface area contributed by atoms with Crippen molar-refractivity contribution in [2.24, 2.45) is 23.2 Å². The van der Waals surface area contributed by atoms with E-state index in [0.29, 0.717) is 18.6 Å².